The van der Waals surface area contributed by atoms with Gasteiger partial charge in [0.05, 0.1) is 0 Å². The van der Waals surface area contributed by atoms with Crippen molar-refractivity contribution in [3.05, 3.63) is 39.4 Å². The molecule has 0 spiro atoms. The first-order valence-corrected chi connectivity index (χ1v) is 7.10. The molecule has 0 saturated heterocycles. The number of aromatic nitrogens is 1. The Balaban J connectivity index is 2.31. The summed E-state index contributed by atoms with van der Waals surface area (Å²) in [5.41, 5.74) is 2.21. The molecule has 3 nitrogen and oxygen atoms in total. The molecule has 100 valence electrons. The smallest absolute Gasteiger partial charge is 0.280 e. The van der Waals surface area contributed by atoms with Gasteiger partial charge in [-0.1, -0.05) is 48.9 Å². The lowest BCUT2D eigenvalue weighted by molar-refractivity contribution is 0.112. The molecule has 0 radical (unpaired) electrons. The van der Waals surface area contributed by atoms with Crippen LogP contribution in [0.25, 0.3) is 0 Å². The van der Waals surface area contributed by atoms with Crippen LogP contribution in [0.1, 0.15) is 40.6 Å². The van der Waals surface area contributed by atoms with Crippen LogP contribution < -0.4 is 4.74 Å². The second kappa shape index (κ2) is 5.72. The molecule has 1 aromatic heterocycles. The predicted molar refractivity (Wildman–Crippen MR) is 77.9 cm³/mol. The van der Waals surface area contributed by atoms with E-state index < -0.39 is 0 Å². The zero-order valence-corrected chi connectivity index (χ0v) is 12.5. The monoisotopic (exact) mass is 295 g/mol. The normalized spacial score (nSPS) is 10.8. The molecule has 0 amide bonds. The molecule has 0 bridgehead atoms. The minimum atomic E-state index is 0.188. The summed E-state index contributed by atoms with van der Waals surface area (Å²) >= 11 is 6.96. The molecule has 0 N–H and O–H groups in total. The van der Waals surface area contributed by atoms with Crippen molar-refractivity contribution in [2.24, 2.45) is 0 Å². The number of carbonyl (C=O) groups is 1. The zero-order valence-electron chi connectivity index (χ0n) is 10.9. The average molecular weight is 296 g/mol. The fourth-order valence-corrected chi connectivity index (χ4v) is 2.51. The molecule has 1 aromatic carbocycles. The van der Waals surface area contributed by atoms with E-state index in [0.717, 1.165) is 22.6 Å². The Morgan fingerprint density at radius 2 is 2.16 bits per heavy atom. The quantitative estimate of drug-likeness (QED) is 0.758. The van der Waals surface area contributed by atoms with Crippen molar-refractivity contribution in [3.8, 4) is 10.9 Å². The molecule has 5 heteroatoms. The Labute approximate surface area is 121 Å². The van der Waals surface area contributed by atoms with E-state index in [1.54, 1.807) is 0 Å². The third-order valence-electron chi connectivity index (χ3n) is 2.77. The molecule has 0 aliphatic rings. The summed E-state index contributed by atoms with van der Waals surface area (Å²) in [5, 5.41) is 0.573. The molecule has 0 aliphatic carbocycles. The third-order valence-corrected chi connectivity index (χ3v) is 4.03. The number of rotatable bonds is 4. The highest BCUT2D eigenvalue weighted by Gasteiger charge is 2.12. The SMILES string of the molecule is Cc1ccc(C(C)C)cc1Oc1nc(Cl)c(C=O)s1. The second-order valence-corrected chi connectivity index (χ2v) is 5.89. The molecule has 0 unspecified atom stereocenters. The first-order chi connectivity index (χ1) is 9.01. The Kier molecular flexibility index (Phi) is 4.22. The van der Waals surface area contributed by atoms with Gasteiger partial charge in [0.1, 0.15) is 10.6 Å². The maximum atomic E-state index is 10.7. The summed E-state index contributed by atoms with van der Waals surface area (Å²) in [5.74, 6) is 1.17. The summed E-state index contributed by atoms with van der Waals surface area (Å²) in [6.07, 6.45) is 0.685. The number of carbonyl (C=O) groups excluding carboxylic acids is 1. The largest absolute Gasteiger partial charge is 0.431 e. The van der Waals surface area contributed by atoms with E-state index >= 15 is 0 Å². The summed E-state index contributed by atoms with van der Waals surface area (Å²) in [6.45, 7) is 6.22. The summed E-state index contributed by atoms with van der Waals surface area (Å²) in [7, 11) is 0. The van der Waals surface area contributed by atoms with Crippen LogP contribution in [0.15, 0.2) is 18.2 Å². The van der Waals surface area contributed by atoms with Gasteiger partial charge in [-0.3, -0.25) is 4.79 Å². The van der Waals surface area contributed by atoms with E-state index in [1.807, 2.05) is 19.1 Å². The van der Waals surface area contributed by atoms with Crippen LogP contribution in [0.2, 0.25) is 5.15 Å². The number of halogens is 1. The Bertz CT molecular complexity index is 607. The first kappa shape index (κ1) is 14.0. The van der Waals surface area contributed by atoms with Crippen molar-refractivity contribution < 1.29 is 9.53 Å². The van der Waals surface area contributed by atoms with E-state index in [0.29, 0.717) is 22.3 Å². The fourth-order valence-electron chi connectivity index (χ4n) is 1.59. The average Bonchev–Trinajstić information content (AvgIpc) is 2.72. The van der Waals surface area contributed by atoms with Gasteiger partial charge in [-0.05, 0) is 30.0 Å². The number of thiazole rings is 1. The summed E-state index contributed by atoms with van der Waals surface area (Å²) in [6, 6.07) is 6.09. The van der Waals surface area contributed by atoms with Gasteiger partial charge in [-0.15, -0.1) is 0 Å². The molecule has 2 aromatic rings. The van der Waals surface area contributed by atoms with Gasteiger partial charge in [0.15, 0.2) is 11.4 Å². The van der Waals surface area contributed by atoms with Crippen molar-refractivity contribution in [2.45, 2.75) is 26.7 Å². The van der Waals surface area contributed by atoms with Crippen LogP contribution in [0.5, 0.6) is 10.9 Å². The van der Waals surface area contributed by atoms with E-state index in [1.165, 1.54) is 5.56 Å². The number of hydrogen-bond donors (Lipinski definition) is 0. The van der Waals surface area contributed by atoms with Gasteiger partial charge in [0, 0.05) is 0 Å². The second-order valence-electron chi connectivity index (χ2n) is 4.53. The highest BCUT2D eigenvalue weighted by atomic mass is 35.5. The molecule has 0 saturated carbocycles. The lowest BCUT2D eigenvalue weighted by Gasteiger charge is -2.10. The van der Waals surface area contributed by atoms with Crippen LogP contribution in [0.4, 0.5) is 0 Å². The maximum Gasteiger partial charge on any atom is 0.280 e. The number of aryl methyl sites for hydroxylation is 1. The number of ether oxygens (including phenoxy) is 1. The van der Waals surface area contributed by atoms with Crippen LogP contribution in [-0.2, 0) is 0 Å². The highest BCUT2D eigenvalue weighted by Crippen LogP contribution is 2.33. The zero-order chi connectivity index (χ0) is 14.0. The van der Waals surface area contributed by atoms with E-state index in [-0.39, 0.29) is 5.15 Å². The molecule has 0 aliphatic heterocycles. The van der Waals surface area contributed by atoms with Gasteiger partial charge in [-0.2, -0.15) is 4.98 Å². The third kappa shape index (κ3) is 3.14. The Morgan fingerprint density at radius 3 is 2.74 bits per heavy atom. The van der Waals surface area contributed by atoms with Crippen molar-refractivity contribution in [3.63, 3.8) is 0 Å². The van der Waals surface area contributed by atoms with Crippen LogP contribution >= 0.6 is 22.9 Å². The van der Waals surface area contributed by atoms with Crippen LogP contribution in [-0.4, -0.2) is 11.3 Å². The van der Waals surface area contributed by atoms with Gasteiger partial charge in [0.2, 0.25) is 0 Å². The van der Waals surface area contributed by atoms with Gasteiger partial charge >= 0.3 is 0 Å². The van der Waals surface area contributed by atoms with Crippen LogP contribution in [0, 0.1) is 6.92 Å². The molecule has 1 heterocycles. The van der Waals surface area contributed by atoms with Crippen LogP contribution in [0.3, 0.4) is 0 Å². The fraction of sp³-hybridized carbons (Fsp3) is 0.286. The van der Waals surface area contributed by atoms with Crippen molar-refractivity contribution in [2.75, 3.05) is 0 Å². The van der Waals surface area contributed by atoms with E-state index in [4.69, 9.17) is 16.3 Å². The molecular weight excluding hydrogens is 282 g/mol. The molecule has 0 fully saturated rings. The molecule has 19 heavy (non-hydrogen) atoms. The Morgan fingerprint density at radius 1 is 1.42 bits per heavy atom. The molecule has 0 atom stereocenters. The van der Waals surface area contributed by atoms with Gasteiger partial charge in [0.25, 0.3) is 5.19 Å². The van der Waals surface area contributed by atoms with Crippen molar-refractivity contribution in [1.29, 1.82) is 0 Å². The van der Waals surface area contributed by atoms with Gasteiger partial charge in [-0.25, -0.2) is 0 Å². The topological polar surface area (TPSA) is 39.2 Å². The number of hydrogen-bond acceptors (Lipinski definition) is 4. The number of nitrogens with zero attached hydrogens (tertiary/aromatic N) is 1. The lowest BCUT2D eigenvalue weighted by atomic mass is 10.0. The summed E-state index contributed by atoms with van der Waals surface area (Å²) < 4.78 is 5.73. The lowest BCUT2D eigenvalue weighted by Crippen LogP contribution is -1.92. The first-order valence-electron chi connectivity index (χ1n) is 5.91. The highest BCUT2D eigenvalue weighted by molar-refractivity contribution is 7.15. The molecule has 2 rings (SSSR count). The Hall–Kier alpha value is -1.39. The van der Waals surface area contributed by atoms with E-state index in [9.17, 15) is 4.79 Å². The minimum absolute atomic E-state index is 0.188. The predicted octanol–water partition coefficient (Wildman–Crippen LogP) is 4.83. The maximum absolute atomic E-state index is 10.7. The van der Waals surface area contributed by atoms with Crippen molar-refractivity contribution >= 4 is 29.2 Å². The minimum Gasteiger partial charge on any atom is -0.431 e. The molecular formula is C14H14ClNO2S. The van der Waals surface area contributed by atoms with Crippen molar-refractivity contribution in [1.82, 2.24) is 4.98 Å². The van der Waals surface area contributed by atoms with E-state index in [2.05, 4.69) is 24.9 Å². The number of benzene rings is 1. The summed E-state index contributed by atoms with van der Waals surface area (Å²) in [4.78, 5) is 15.1. The van der Waals surface area contributed by atoms with Gasteiger partial charge < -0.3 is 4.74 Å². The number of aldehydes is 1. The standard InChI is InChI=1S/C14H14ClNO2S/c1-8(2)10-5-4-9(3)11(6-10)18-14-16-13(15)12(7-17)19-14/h4-8H,1-3H3.